The van der Waals surface area contributed by atoms with Crippen LogP contribution in [0.4, 0.5) is 0 Å². The number of aromatic amines is 1. The summed E-state index contributed by atoms with van der Waals surface area (Å²) in [5.74, 6) is -0.293. The van der Waals surface area contributed by atoms with Gasteiger partial charge in [-0.3, -0.25) is 4.79 Å². The third-order valence-corrected chi connectivity index (χ3v) is 3.27. The lowest BCUT2D eigenvalue weighted by atomic mass is 10.3. The molecule has 1 unspecified atom stereocenters. The molecule has 0 saturated heterocycles. The van der Waals surface area contributed by atoms with Crippen molar-refractivity contribution in [3.63, 3.8) is 0 Å². The number of aromatic nitrogens is 1. The molecule has 2 rings (SSSR count). The number of amides is 1. The van der Waals surface area contributed by atoms with Gasteiger partial charge in [-0.15, -0.1) is 0 Å². The number of fused-ring (bicyclic) bond motifs is 1. The van der Waals surface area contributed by atoms with Crippen molar-refractivity contribution in [2.75, 3.05) is 0 Å². The number of carbonyl (C=O) groups excluding carboxylic acids is 1. The maximum Gasteiger partial charge on any atom is 0.230 e. The Kier molecular flexibility index (Phi) is 2.68. The lowest BCUT2D eigenvalue weighted by Gasteiger charge is -2.03. The van der Waals surface area contributed by atoms with Crippen molar-refractivity contribution < 1.29 is 4.79 Å². The first kappa shape index (κ1) is 10.1. The van der Waals surface area contributed by atoms with Gasteiger partial charge >= 0.3 is 0 Å². The first-order valence-electron chi connectivity index (χ1n) is 4.70. The standard InChI is InChI=1S/C11H12N2OS/c1-7(11(12)14)15-10-6-8-4-2-3-5-9(8)13-10/h2-7,13H,1H3,(H2,12,14). The first-order valence-corrected chi connectivity index (χ1v) is 5.58. The third kappa shape index (κ3) is 2.15. The van der Waals surface area contributed by atoms with Crippen LogP contribution in [0, 0.1) is 0 Å². The molecule has 0 bridgehead atoms. The van der Waals surface area contributed by atoms with Crippen LogP contribution in [0.3, 0.4) is 0 Å². The van der Waals surface area contributed by atoms with Crippen molar-refractivity contribution in [1.29, 1.82) is 0 Å². The molecule has 1 aromatic carbocycles. The van der Waals surface area contributed by atoms with Crippen LogP contribution in [-0.2, 0) is 4.79 Å². The largest absolute Gasteiger partial charge is 0.369 e. The molecule has 3 nitrogen and oxygen atoms in total. The number of primary amides is 1. The predicted octanol–water partition coefficient (Wildman–Crippen LogP) is 2.13. The van der Waals surface area contributed by atoms with Crippen LogP contribution in [0.5, 0.6) is 0 Å². The summed E-state index contributed by atoms with van der Waals surface area (Å²) < 4.78 is 0. The summed E-state index contributed by atoms with van der Waals surface area (Å²) in [6.07, 6.45) is 0. The van der Waals surface area contributed by atoms with E-state index >= 15 is 0 Å². The number of rotatable bonds is 3. The van der Waals surface area contributed by atoms with Gasteiger partial charge in [0.15, 0.2) is 0 Å². The van der Waals surface area contributed by atoms with Gasteiger partial charge in [0.25, 0.3) is 0 Å². The van der Waals surface area contributed by atoms with Gasteiger partial charge in [-0.25, -0.2) is 0 Å². The third-order valence-electron chi connectivity index (χ3n) is 2.21. The van der Waals surface area contributed by atoms with E-state index in [1.807, 2.05) is 30.3 Å². The minimum Gasteiger partial charge on any atom is -0.369 e. The molecule has 3 N–H and O–H groups in total. The van der Waals surface area contributed by atoms with Crippen molar-refractivity contribution in [1.82, 2.24) is 4.98 Å². The van der Waals surface area contributed by atoms with Crippen molar-refractivity contribution in [3.8, 4) is 0 Å². The van der Waals surface area contributed by atoms with Crippen LogP contribution in [0.25, 0.3) is 10.9 Å². The van der Waals surface area contributed by atoms with E-state index in [-0.39, 0.29) is 11.2 Å². The molecule has 78 valence electrons. The SMILES string of the molecule is CC(Sc1cc2ccccc2[nH]1)C(N)=O. The van der Waals surface area contributed by atoms with Crippen LogP contribution in [0.15, 0.2) is 35.4 Å². The molecule has 0 spiro atoms. The Hall–Kier alpha value is -1.42. The average Bonchev–Trinajstić information content (AvgIpc) is 2.59. The monoisotopic (exact) mass is 220 g/mol. The normalized spacial score (nSPS) is 12.9. The van der Waals surface area contributed by atoms with E-state index in [4.69, 9.17) is 5.73 Å². The predicted molar refractivity (Wildman–Crippen MR) is 62.8 cm³/mol. The highest BCUT2D eigenvalue weighted by Gasteiger charge is 2.11. The summed E-state index contributed by atoms with van der Waals surface area (Å²) in [5.41, 5.74) is 6.28. The Morgan fingerprint density at radius 3 is 2.87 bits per heavy atom. The summed E-state index contributed by atoms with van der Waals surface area (Å²) in [4.78, 5) is 14.1. The zero-order valence-corrected chi connectivity index (χ0v) is 9.17. The number of benzene rings is 1. The van der Waals surface area contributed by atoms with Crippen LogP contribution < -0.4 is 5.73 Å². The Bertz CT molecular complexity index is 459. The molecule has 1 amide bonds. The quantitative estimate of drug-likeness (QED) is 0.778. The molecule has 0 aliphatic carbocycles. The Balaban J connectivity index is 2.26. The number of thioether (sulfide) groups is 1. The second-order valence-corrected chi connectivity index (χ2v) is 4.77. The van der Waals surface area contributed by atoms with E-state index in [0.717, 1.165) is 15.9 Å². The van der Waals surface area contributed by atoms with E-state index in [0.29, 0.717) is 0 Å². The summed E-state index contributed by atoms with van der Waals surface area (Å²) in [5, 5.41) is 1.91. The summed E-state index contributed by atoms with van der Waals surface area (Å²) in [6.45, 7) is 1.80. The number of H-pyrrole nitrogens is 1. The van der Waals surface area contributed by atoms with E-state index in [9.17, 15) is 4.79 Å². The number of nitrogens with two attached hydrogens (primary N) is 1. The molecule has 1 atom stereocenters. The number of para-hydroxylation sites is 1. The van der Waals surface area contributed by atoms with Gasteiger partial charge in [0, 0.05) is 10.9 Å². The topological polar surface area (TPSA) is 58.9 Å². The molecule has 0 saturated carbocycles. The van der Waals surface area contributed by atoms with E-state index in [1.165, 1.54) is 11.8 Å². The van der Waals surface area contributed by atoms with Crippen molar-refractivity contribution in [3.05, 3.63) is 30.3 Å². The van der Waals surface area contributed by atoms with Gasteiger partial charge in [-0.1, -0.05) is 30.0 Å². The maximum absolute atomic E-state index is 10.9. The van der Waals surface area contributed by atoms with Gasteiger partial charge in [0.05, 0.1) is 10.3 Å². The Labute approximate surface area is 92.0 Å². The zero-order chi connectivity index (χ0) is 10.8. The minimum atomic E-state index is -0.293. The van der Waals surface area contributed by atoms with Crippen LogP contribution in [0.1, 0.15) is 6.92 Å². The fourth-order valence-corrected chi connectivity index (χ4v) is 2.22. The molecule has 1 heterocycles. The molecule has 0 radical (unpaired) electrons. The molecule has 15 heavy (non-hydrogen) atoms. The molecule has 0 aliphatic heterocycles. The first-order chi connectivity index (χ1) is 7.16. The van der Waals surface area contributed by atoms with Crippen LogP contribution in [-0.4, -0.2) is 16.1 Å². The van der Waals surface area contributed by atoms with Crippen LogP contribution >= 0.6 is 11.8 Å². The van der Waals surface area contributed by atoms with Crippen molar-refractivity contribution >= 4 is 28.6 Å². The number of hydrogen-bond acceptors (Lipinski definition) is 2. The van der Waals surface area contributed by atoms with Gasteiger partial charge in [-0.2, -0.15) is 0 Å². The number of carbonyl (C=O) groups is 1. The van der Waals surface area contributed by atoms with Crippen molar-refractivity contribution in [2.24, 2.45) is 5.73 Å². The molecule has 4 heteroatoms. The zero-order valence-electron chi connectivity index (χ0n) is 8.36. The molecule has 2 aromatic rings. The van der Waals surface area contributed by atoms with Gasteiger partial charge in [-0.05, 0) is 19.1 Å². The highest BCUT2D eigenvalue weighted by atomic mass is 32.2. The van der Waals surface area contributed by atoms with Gasteiger partial charge in [0.1, 0.15) is 0 Å². The van der Waals surface area contributed by atoms with E-state index < -0.39 is 0 Å². The fraction of sp³-hybridized carbons (Fsp3) is 0.182. The van der Waals surface area contributed by atoms with E-state index in [1.54, 1.807) is 6.92 Å². The van der Waals surface area contributed by atoms with Gasteiger partial charge in [0.2, 0.25) is 5.91 Å². The smallest absolute Gasteiger partial charge is 0.230 e. The van der Waals surface area contributed by atoms with Crippen molar-refractivity contribution in [2.45, 2.75) is 17.2 Å². The fourth-order valence-electron chi connectivity index (χ4n) is 1.36. The second-order valence-electron chi connectivity index (χ2n) is 3.38. The number of nitrogens with one attached hydrogen (secondary N) is 1. The molecular formula is C11H12N2OS. The summed E-state index contributed by atoms with van der Waals surface area (Å²) >= 11 is 1.45. The number of hydrogen-bond donors (Lipinski definition) is 2. The van der Waals surface area contributed by atoms with Crippen LogP contribution in [0.2, 0.25) is 0 Å². The molecular weight excluding hydrogens is 208 g/mol. The lowest BCUT2D eigenvalue weighted by Crippen LogP contribution is -2.22. The van der Waals surface area contributed by atoms with Gasteiger partial charge < -0.3 is 10.7 Å². The molecule has 1 aromatic heterocycles. The minimum absolute atomic E-state index is 0.210. The lowest BCUT2D eigenvalue weighted by molar-refractivity contribution is -0.117. The highest BCUT2D eigenvalue weighted by molar-refractivity contribution is 8.00. The highest BCUT2D eigenvalue weighted by Crippen LogP contribution is 2.26. The van der Waals surface area contributed by atoms with E-state index in [2.05, 4.69) is 4.98 Å². The molecule has 0 aliphatic rings. The summed E-state index contributed by atoms with van der Waals surface area (Å²) in [6, 6.07) is 10.0. The Morgan fingerprint density at radius 1 is 1.47 bits per heavy atom. The summed E-state index contributed by atoms with van der Waals surface area (Å²) in [7, 11) is 0. The maximum atomic E-state index is 10.9. The average molecular weight is 220 g/mol. The Morgan fingerprint density at radius 2 is 2.20 bits per heavy atom. The molecule has 0 fully saturated rings. The second kappa shape index (κ2) is 3.98.